The van der Waals surface area contributed by atoms with Crippen molar-refractivity contribution in [2.45, 2.75) is 19.8 Å². The van der Waals surface area contributed by atoms with Gasteiger partial charge in [0.1, 0.15) is 11.4 Å². The van der Waals surface area contributed by atoms with Crippen LogP contribution in [0.15, 0.2) is 28.8 Å². The first-order valence-corrected chi connectivity index (χ1v) is 8.79. The monoisotopic (exact) mass is 375 g/mol. The van der Waals surface area contributed by atoms with Gasteiger partial charge in [-0.25, -0.2) is 0 Å². The van der Waals surface area contributed by atoms with Gasteiger partial charge in [0.25, 0.3) is 0 Å². The van der Waals surface area contributed by atoms with Crippen molar-refractivity contribution in [1.82, 2.24) is 25.0 Å². The molecule has 7 nitrogen and oxygen atoms in total. The summed E-state index contributed by atoms with van der Waals surface area (Å²) >= 11 is 7.59. The van der Waals surface area contributed by atoms with Crippen molar-refractivity contribution in [1.29, 1.82) is 0 Å². The molecule has 0 bridgehead atoms. The van der Waals surface area contributed by atoms with Gasteiger partial charge in [-0.05, 0) is 18.2 Å². The van der Waals surface area contributed by atoms with Crippen molar-refractivity contribution in [2.75, 3.05) is 7.11 Å². The van der Waals surface area contributed by atoms with Crippen LogP contribution in [-0.4, -0.2) is 32.1 Å². The van der Waals surface area contributed by atoms with Gasteiger partial charge in [0.15, 0.2) is 16.6 Å². The molecule has 0 unspecified atom stereocenters. The zero-order valence-corrected chi connectivity index (χ0v) is 15.3. The number of halogens is 1. The molecule has 9 heteroatoms. The molecule has 25 heavy (non-hydrogen) atoms. The number of ether oxygens (including phenoxy) is 1. The molecule has 0 fully saturated rings. The summed E-state index contributed by atoms with van der Waals surface area (Å²) in [5.74, 6) is 2.28. The molecule has 0 N–H and O–H groups in total. The Hall–Kier alpha value is -2.45. The normalized spacial score (nSPS) is 11.6. The molecule has 0 atom stereocenters. The fourth-order valence-corrected chi connectivity index (χ4v) is 3.48. The highest BCUT2D eigenvalue weighted by Crippen LogP contribution is 2.33. The smallest absolute Gasteiger partial charge is 0.235 e. The van der Waals surface area contributed by atoms with Crippen LogP contribution in [0.1, 0.15) is 25.6 Å². The number of fused-ring (bicyclic) bond motifs is 1. The largest absolute Gasteiger partial charge is 0.495 e. The number of rotatable bonds is 4. The van der Waals surface area contributed by atoms with Crippen molar-refractivity contribution in [2.24, 2.45) is 0 Å². The van der Waals surface area contributed by atoms with E-state index in [0.29, 0.717) is 22.2 Å². The predicted molar refractivity (Wildman–Crippen MR) is 95.2 cm³/mol. The molecule has 1 aromatic carbocycles. The third kappa shape index (κ3) is 2.77. The molecule has 0 saturated carbocycles. The van der Waals surface area contributed by atoms with E-state index in [2.05, 4.69) is 34.3 Å². The summed E-state index contributed by atoms with van der Waals surface area (Å²) in [5, 5.41) is 18.2. The quantitative estimate of drug-likeness (QED) is 0.529. The van der Waals surface area contributed by atoms with Gasteiger partial charge in [0.2, 0.25) is 4.96 Å². The third-order valence-electron chi connectivity index (χ3n) is 3.70. The molecule has 0 aliphatic heterocycles. The number of hydrogen-bond donors (Lipinski definition) is 0. The first kappa shape index (κ1) is 16.0. The molecule has 0 aliphatic rings. The number of methoxy groups -OCH3 is 1. The van der Waals surface area contributed by atoms with E-state index in [1.807, 2.05) is 12.1 Å². The van der Waals surface area contributed by atoms with Crippen LogP contribution in [0.3, 0.4) is 0 Å². The van der Waals surface area contributed by atoms with Crippen molar-refractivity contribution in [3.8, 4) is 27.8 Å². The second-order valence-corrected chi connectivity index (χ2v) is 7.10. The lowest BCUT2D eigenvalue weighted by atomic mass is 10.1. The standard InChI is InChI=1S/C16H14ClN5O2S/c1-8(2)14-18-19-16-22(14)20-15(25-16)11-7-13(24-21-11)9-4-5-12(23-3)10(17)6-9/h4-8H,1-3H3. The molecule has 0 aliphatic carbocycles. The van der Waals surface area contributed by atoms with E-state index in [4.69, 9.17) is 20.9 Å². The minimum Gasteiger partial charge on any atom is -0.495 e. The second-order valence-electron chi connectivity index (χ2n) is 5.74. The molecular formula is C16H14ClN5O2S. The van der Waals surface area contributed by atoms with Crippen LogP contribution in [0.5, 0.6) is 5.75 Å². The van der Waals surface area contributed by atoms with Crippen LogP contribution in [0.2, 0.25) is 5.02 Å². The summed E-state index contributed by atoms with van der Waals surface area (Å²) in [6.07, 6.45) is 0. The maximum atomic E-state index is 6.17. The maximum Gasteiger partial charge on any atom is 0.235 e. The van der Waals surface area contributed by atoms with Gasteiger partial charge in [-0.15, -0.1) is 10.2 Å². The highest BCUT2D eigenvalue weighted by molar-refractivity contribution is 7.19. The Morgan fingerprint density at radius 3 is 2.80 bits per heavy atom. The van der Waals surface area contributed by atoms with Gasteiger partial charge < -0.3 is 9.26 Å². The van der Waals surface area contributed by atoms with Gasteiger partial charge in [0.05, 0.1) is 12.1 Å². The molecule has 128 valence electrons. The zero-order chi connectivity index (χ0) is 17.6. The minimum atomic E-state index is 0.235. The van der Waals surface area contributed by atoms with Crippen molar-refractivity contribution in [3.05, 3.63) is 35.1 Å². The zero-order valence-electron chi connectivity index (χ0n) is 13.7. The Morgan fingerprint density at radius 1 is 1.24 bits per heavy atom. The van der Waals surface area contributed by atoms with Crippen molar-refractivity contribution >= 4 is 27.9 Å². The van der Waals surface area contributed by atoms with Crippen LogP contribution in [0, 0.1) is 0 Å². The Bertz CT molecular complexity index is 1050. The number of benzene rings is 1. The van der Waals surface area contributed by atoms with Gasteiger partial charge in [-0.1, -0.05) is 41.9 Å². The molecular weight excluding hydrogens is 362 g/mol. The summed E-state index contributed by atoms with van der Waals surface area (Å²) in [4.78, 5) is 0.732. The molecule has 3 aromatic heterocycles. The van der Waals surface area contributed by atoms with Crippen molar-refractivity contribution in [3.63, 3.8) is 0 Å². The lowest BCUT2D eigenvalue weighted by Gasteiger charge is -2.03. The molecule has 0 amide bonds. The van der Waals surface area contributed by atoms with E-state index in [0.717, 1.165) is 21.4 Å². The van der Waals surface area contributed by atoms with Gasteiger partial charge in [0, 0.05) is 17.5 Å². The molecule has 0 radical (unpaired) electrons. The fourth-order valence-electron chi connectivity index (χ4n) is 2.43. The number of hydrogen-bond acceptors (Lipinski definition) is 7. The lowest BCUT2D eigenvalue weighted by Crippen LogP contribution is -1.97. The average molecular weight is 376 g/mol. The molecule has 0 saturated heterocycles. The molecule has 4 aromatic rings. The Kier molecular flexibility index (Phi) is 3.93. The Morgan fingerprint density at radius 2 is 2.08 bits per heavy atom. The Balaban J connectivity index is 1.70. The van der Waals surface area contributed by atoms with E-state index in [9.17, 15) is 0 Å². The maximum absolute atomic E-state index is 6.17. The van der Waals surface area contributed by atoms with Crippen LogP contribution in [0.4, 0.5) is 0 Å². The summed E-state index contributed by atoms with van der Waals surface area (Å²) in [5.41, 5.74) is 1.46. The Labute approximate surface area is 152 Å². The first-order valence-electron chi connectivity index (χ1n) is 7.60. The van der Waals surface area contributed by atoms with Gasteiger partial charge in [-0.2, -0.15) is 9.61 Å². The van der Waals surface area contributed by atoms with Gasteiger partial charge in [-0.3, -0.25) is 0 Å². The molecule has 3 heterocycles. The van der Waals surface area contributed by atoms with Crippen LogP contribution in [0.25, 0.3) is 27.0 Å². The lowest BCUT2D eigenvalue weighted by molar-refractivity contribution is 0.414. The topological polar surface area (TPSA) is 78.3 Å². The van der Waals surface area contributed by atoms with Crippen molar-refractivity contribution < 1.29 is 9.26 Å². The summed E-state index contributed by atoms with van der Waals surface area (Å²) in [7, 11) is 1.58. The first-order chi connectivity index (χ1) is 12.1. The third-order valence-corrected chi connectivity index (χ3v) is 4.91. The second kappa shape index (κ2) is 6.12. The predicted octanol–water partition coefficient (Wildman–Crippen LogP) is 4.29. The molecule has 4 rings (SSSR count). The highest BCUT2D eigenvalue weighted by atomic mass is 35.5. The number of nitrogens with zero attached hydrogens (tertiary/aromatic N) is 5. The van der Waals surface area contributed by atoms with E-state index in [1.54, 1.807) is 23.8 Å². The SMILES string of the molecule is COc1ccc(-c2cc(-c3nn4c(C(C)C)nnc4s3)no2)cc1Cl. The summed E-state index contributed by atoms with van der Waals surface area (Å²) in [6, 6.07) is 7.27. The van der Waals surface area contributed by atoms with E-state index in [1.165, 1.54) is 11.3 Å². The van der Waals surface area contributed by atoms with Crippen LogP contribution < -0.4 is 4.74 Å². The summed E-state index contributed by atoms with van der Waals surface area (Å²) in [6.45, 7) is 4.11. The van der Waals surface area contributed by atoms with E-state index in [-0.39, 0.29) is 5.92 Å². The van der Waals surface area contributed by atoms with E-state index >= 15 is 0 Å². The average Bonchev–Trinajstić information content (AvgIpc) is 3.28. The molecule has 0 spiro atoms. The van der Waals surface area contributed by atoms with Crippen LogP contribution >= 0.6 is 22.9 Å². The van der Waals surface area contributed by atoms with E-state index < -0.39 is 0 Å². The van der Waals surface area contributed by atoms with Gasteiger partial charge >= 0.3 is 0 Å². The van der Waals surface area contributed by atoms with Crippen LogP contribution in [-0.2, 0) is 0 Å². The highest BCUT2D eigenvalue weighted by Gasteiger charge is 2.18. The summed E-state index contributed by atoms with van der Waals surface area (Å²) < 4.78 is 12.4. The fraction of sp³-hybridized carbons (Fsp3) is 0.250. The number of aromatic nitrogens is 5. The minimum absolute atomic E-state index is 0.235.